The first-order valence-corrected chi connectivity index (χ1v) is 6.01. The van der Waals surface area contributed by atoms with E-state index in [-0.39, 0.29) is 5.56 Å². The zero-order chi connectivity index (χ0) is 10.3. The molecule has 14 heavy (non-hydrogen) atoms. The van der Waals surface area contributed by atoms with Gasteiger partial charge >= 0.3 is 0 Å². The molecule has 0 amide bonds. The molecule has 1 heterocycles. The van der Waals surface area contributed by atoms with Crippen LogP contribution in [0.4, 0.5) is 8.78 Å². The molecule has 0 nitrogen and oxygen atoms in total. The molecule has 0 aliphatic rings. The van der Waals surface area contributed by atoms with E-state index in [0.717, 1.165) is 15.6 Å². The monoisotopic (exact) mass is 324 g/mol. The Morgan fingerprint density at radius 1 is 1.43 bits per heavy atom. The Labute approximate surface area is 98.1 Å². The predicted molar refractivity (Wildman–Crippen MR) is 64.2 cm³/mol. The third-order valence-corrected chi connectivity index (χ3v) is 3.99. The van der Waals surface area contributed by atoms with Crippen LogP contribution in [0.25, 0.3) is 10.1 Å². The highest BCUT2D eigenvalue weighted by Crippen LogP contribution is 2.36. The molecular weight excluding hydrogens is 317 g/mol. The SMILES string of the molecule is Cc1cc(I)c(C(F)F)c2sccc12. The topological polar surface area (TPSA) is 0 Å². The van der Waals surface area contributed by atoms with E-state index in [9.17, 15) is 8.78 Å². The van der Waals surface area contributed by atoms with Gasteiger partial charge in [-0.05, 0) is 58.0 Å². The lowest BCUT2D eigenvalue weighted by Crippen LogP contribution is -1.91. The molecule has 0 saturated carbocycles. The summed E-state index contributed by atoms with van der Waals surface area (Å²) in [6.45, 7) is 1.95. The standard InChI is InChI=1S/C10H7F2IS/c1-5-4-7(13)8(10(11)12)9-6(5)2-3-14-9/h2-4,10H,1H3. The van der Waals surface area contributed by atoms with Crippen molar-refractivity contribution < 1.29 is 8.78 Å². The van der Waals surface area contributed by atoms with E-state index in [0.29, 0.717) is 3.57 Å². The maximum absolute atomic E-state index is 12.8. The summed E-state index contributed by atoms with van der Waals surface area (Å²) in [5.41, 5.74) is 1.25. The highest BCUT2D eigenvalue weighted by Gasteiger charge is 2.17. The third-order valence-electron chi connectivity index (χ3n) is 2.15. The summed E-state index contributed by atoms with van der Waals surface area (Å²) in [5.74, 6) is 0. The molecule has 0 aliphatic heterocycles. The van der Waals surface area contributed by atoms with Crippen LogP contribution in [0.1, 0.15) is 17.6 Å². The summed E-state index contributed by atoms with van der Waals surface area (Å²) in [6.07, 6.45) is -2.39. The van der Waals surface area contributed by atoms with E-state index in [2.05, 4.69) is 0 Å². The van der Waals surface area contributed by atoms with Crippen LogP contribution in [0.2, 0.25) is 0 Å². The maximum Gasteiger partial charge on any atom is 0.266 e. The second-order valence-corrected chi connectivity index (χ2v) is 5.13. The van der Waals surface area contributed by atoms with Crippen LogP contribution in [-0.4, -0.2) is 0 Å². The van der Waals surface area contributed by atoms with Crippen LogP contribution in [0.3, 0.4) is 0 Å². The van der Waals surface area contributed by atoms with E-state index in [1.165, 1.54) is 11.3 Å². The first-order valence-electron chi connectivity index (χ1n) is 4.05. The van der Waals surface area contributed by atoms with Gasteiger partial charge in [-0.3, -0.25) is 0 Å². The number of hydrogen-bond donors (Lipinski definition) is 0. The van der Waals surface area contributed by atoms with Crippen LogP contribution in [-0.2, 0) is 0 Å². The molecule has 0 spiro atoms. The predicted octanol–water partition coefficient (Wildman–Crippen LogP) is 4.75. The molecule has 4 heteroatoms. The molecule has 0 fully saturated rings. The molecule has 0 aliphatic carbocycles. The molecule has 1 aromatic heterocycles. The van der Waals surface area contributed by atoms with Crippen molar-refractivity contribution in [3.8, 4) is 0 Å². The number of benzene rings is 1. The minimum atomic E-state index is -2.39. The van der Waals surface area contributed by atoms with Gasteiger partial charge in [-0.2, -0.15) is 0 Å². The summed E-state index contributed by atoms with van der Waals surface area (Å²) in [4.78, 5) is 0. The van der Waals surface area contributed by atoms with Crippen LogP contribution in [0.5, 0.6) is 0 Å². The first kappa shape index (κ1) is 10.3. The van der Waals surface area contributed by atoms with Crippen molar-refractivity contribution in [3.05, 3.63) is 32.2 Å². The van der Waals surface area contributed by atoms with E-state index in [4.69, 9.17) is 0 Å². The molecule has 0 bridgehead atoms. The van der Waals surface area contributed by atoms with E-state index < -0.39 is 6.43 Å². The van der Waals surface area contributed by atoms with Crippen LogP contribution < -0.4 is 0 Å². The van der Waals surface area contributed by atoms with E-state index >= 15 is 0 Å². The summed E-state index contributed by atoms with van der Waals surface area (Å²) in [7, 11) is 0. The van der Waals surface area contributed by atoms with Gasteiger partial charge in [0, 0.05) is 13.8 Å². The summed E-state index contributed by atoms with van der Waals surface area (Å²) in [5, 5.41) is 2.81. The number of halogens is 3. The molecule has 0 saturated heterocycles. The molecule has 0 radical (unpaired) electrons. The fourth-order valence-corrected chi connectivity index (χ4v) is 3.66. The van der Waals surface area contributed by atoms with Crippen LogP contribution >= 0.6 is 33.9 Å². The summed E-state index contributed by atoms with van der Waals surface area (Å²) < 4.78 is 26.9. The second-order valence-electron chi connectivity index (χ2n) is 3.05. The number of thiophene rings is 1. The van der Waals surface area contributed by atoms with Crippen molar-refractivity contribution in [2.45, 2.75) is 13.3 Å². The molecule has 74 valence electrons. The molecular formula is C10H7F2IS. The van der Waals surface area contributed by atoms with Gasteiger partial charge in [0.1, 0.15) is 0 Å². The lowest BCUT2D eigenvalue weighted by Gasteiger charge is -2.07. The lowest BCUT2D eigenvalue weighted by molar-refractivity contribution is 0.152. The lowest BCUT2D eigenvalue weighted by atomic mass is 10.1. The highest BCUT2D eigenvalue weighted by atomic mass is 127. The highest BCUT2D eigenvalue weighted by molar-refractivity contribution is 14.1. The van der Waals surface area contributed by atoms with Gasteiger partial charge in [-0.15, -0.1) is 11.3 Å². The number of aryl methyl sites for hydroxylation is 1. The van der Waals surface area contributed by atoms with Crippen LogP contribution in [0.15, 0.2) is 17.5 Å². The van der Waals surface area contributed by atoms with Crippen molar-refractivity contribution in [1.82, 2.24) is 0 Å². The van der Waals surface area contributed by atoms with Crippen molar-refractivity contribution in [3.63, 3.8) is 0 Å². The summed E-state index contributed by atoms with van der Waals surface area (Å²) in [6, 6.07) is 3.72. The largest absolute Gasteiger partial charge is 0.266 e. The Bertz CT molecular complexity index is 476. The van der Waals surface area contributed by atoms with Crippen molar-refractivity contribution in [1.29, 1.82) is 0 Å². The zero-order valence-electron chi connectivity index (χ0n) is 7.35. The molecule has 1 aromatic carbocycles. The van der Waals surface area contributed by atoms with Gasteiger partial charge in [0.2, 0.25) is 0 Å². The van der Waals surface area contributed by atoms with Crippen molar-refractivity contribution >= 4 is 44.0 Å². The van der Waals surface area contributed by atoms with Gasteiger partial charge in [-0.1, -0.05) is 0 Å². The van der Waals surface area contributed by atoms with Crippen molar-refractivity contribution in [2.24, 2.45) is 0 Å². The number of rotatable bonds is 1. The Hall–Kier alpha value is -0.230. The minimum Gasteiger partial charge on any atom is -0.205 e. The number of hydrogen-bond acceptors (Lipinski definition) is 1. The molecule has 2 rings (SSSR count). The number of alkyl halides is 2. The fourth-order valence-electron chi connectivity index (χ4n) is 1.49. The minimum absolute atomic E-state index is 0.182. The van der Waals surface area contributed by atoms with Crippen molar-refractivity contribution in [2.75, 3.05) is 0 Å². The average Bonchev–Trinajstić information content (AvgIpc) is 2.51. The Morgan fingerprint density at radius 2 is 2.14 bits per heavy atom. The Morgan fingerprint density at radius 3 is 2.79 bits per heavy atom. The quantitative estimate of drug-likeness (QED) is 0.664. The van der Waals surface area contributed by atoms with Gasteiger partial charge < -0.3 is 0 Å². The first-order chi connectivity index (χ1) is 6.61. The smallest absolute Gasteiger partial charge is 0.205 e. The Kier molecular flexibility index (Phi) is 2.74. The molecule has 0 N–H and O–H groups in total. The number of fused-ring (bicyclic) bond motifs is 1. The van der Waals surface area contributed by atoms with Crippen LogP contribution in [0, 0.1) is 10.5 Å². The Balaban J connectivity index is 2.86. The maximum atomic E-state index is 12.8. The van der Waals surface area contributed by atoms with Gasteiger partial charge in [0.25, 0.3) is 6.43 Å². The molecule has 0 unspecified atom stereocenters. The zero-order valence-corrected chi connectivity index (χ0v) is 10.3. The third kappa shape index (κ3) is 1.54. The fraction of sp³-hybridized carbons (Fsp3) is 0.200. The normalized spacial score (nSPS) is 11.5. The van der Waals surface area contributed by atoms with Gasteiger partial charge in [0.05, 0.1) is 0 Å². The van der Waals surface area contributed by atoms with Gasteiger partial charge in [-0.25, -0.2) is 8.78 Å². The van der Waals surface area contributed by atoms with Gasteiger partial charge in [0.15, 0.2) is 0 Å². The average molecular weight is 324 g/mol. The molecule has 0 atom stereocenters. The molecule has 2 aromatic rings. The van der Waals surface area contributed by atoms with E-state index in [1.807, 2.05) is 47.0 Å². The summed E-state index contributed by atoms with van der Waals surface area (Å²) >= 11 is 3.36. The van der Waals surface area contributed by atoms with E-state index in [1.54, 1.807) is 0 Å². The second kappa shape index (κ2) is 3.73.